The quantitative estimate of drug-likeness (QED) is 0.577. The first kappa shape index (κ1) is 20.9. The van der Waals surface area contributed by atoms with Crippen molar-refractivity contribution >= 4 is 32.5 Å². The molecule has 0 saturated heterocycles. The smallest absolute Gasteiger partial charge is 0.235 e. The van der Waals surface area contributed by atoms with Crippen LogP contribution < -0.4 is 4.72 Å². The fourth-order valence-electron chi connectivity index (χ4n) is 3.91. The maximum Gasteiger partial charge on any atom is 0.235 e. The number of aromatic amines is 1. The van der Waals surface area contributed by atoms with E-state index in [0.717, 1.165) is 31.4 Å². The number of nitrogens with zero attached hydrogens (tertiary/aromatic N) is 2. The van der Waals surface area contributed by atoms with Crippen LogP contribution in [0.3, 0.4) is 0 Å². The molecule has 160 valence electrons. The molecule has 0 bridgehead atoms. The first-order chi connectivity index (χ1) is 14.8. The molecule has 1 aliphatic carbocycles. The molecule has 2 heterocycles. The molecule has 0 spiro atoms. The summed E-state index contributed by atoms with van der Waals surface area (Å²) in [7, 11) is -3.90. The Hall–Kier alpha value is -3.32. The zero-order chi connectivity index (χ0) is 22.2. The van der Waals surface area contributed by atoms with E-state index in [1.807, 2.05) is 6.07 Å². The van der Waals surface area contributed by atoms with E-state index in [1.165, 1.54) is 18.5 Å². The van der Waals surface area contributed by atoms with Crippen molar-refractivity contribution in [3.05, 3.63) is 58.9 Å². The number of nitriles is 1. The molecule has 2 aromatic heterocycles. The Labute approximate surface area is 177 Å². The third-order valence-corrected chi connectivity index (χ3v) is 7.35. The number of H-pyrrole nitrogens is 1. The lowest BCUT2D eigenvalue weighted by Crippen LogP contribution is -2.30. The number of sulfonamides is 1. The predicted octanol–water partition coefficient (Wildman–Crippen LogP) is 4.02. The molecule has 1 saturated carbocycles. The maximum absolute atomic E-state index is 15.2. The van der Waals surface area contributed by atoms with Crippen LogP contribution in [0.15, 0.2) is 30.6 Å². The highest BCUT2D eigenvalue weighted by atomic mass is 32.2. The zero-order valence-electron chi connectivity index (χ0n) is 16.3. The van der Waals surface area contributed by atoms with Crippen LogP contribution in [0.25, 0.3) is 11.0 Å². The topological polar surface area (TPSA) is 116 Å². The second-order valence-electron chi connectivity index (χ2n) is 7.42. The number of nitrogens with one attached hydrogen (secondary N) is 2. The lowest BCUT2D eigenvalue weighted by molar-refractivity contribution is 0.103. The van der Waals surface area contributed by atoms with Crippen molar-refractivity contribution in [1.82, 2.24) is 9.97 Å². The Kier molecular flexibility index (Phi) is 5.45. The Morgan fingerprint density at radius 1 is 1.19 bits per heavy atom. The van der Waals surface area contributed by atoms with Gasteiger partial charge in [-0.25, -0.2) is 22.2 Å². The molecule has 1 fully saturated rings. The zero-order valence-corrected chi connectivity index (χ0v) is 17.1. The van der Waals surface area contributed by atoms with Crippen LogP contribution >= 0.6 is 0 Å². The Morgan fingerprint density at radius 3 is 2.65 bits per heavy atom. The molecule has 0 unspecified atom stereocenters. The largest absolute Gasteiger partial charge is 0.345 e. The van der Waals surface area contributed by atoms with Gasteiger partial charge in [-0.15, -0.1) is 0 Å². The highest BCUT2D eigenvalue weighted by molar-refractivity contribution is 7.93. The van der Waals surface area contributed by atoms with Gasteiger partial charge in [-0.3, -0.25) is 9.52 Å². The number of aromatic nitrogens is 2. The van der Waals surface area contributed by atoms with Crippen molar-refractivity contribution < 1.29 is 22.0 Å². The number of hydrogen-bond acceptors (Lipinski definition) is 5. The van der Waals surface area contributed by atoms with Crippen LogP contribution in [0.4, 0.5) is 14.5 Å². The van der Waals surface area contributed by atoms with E-state index >= 15 is 4.39 Å². The van der Waals surface area contributed by atoms with Crippen molar-refractivity contribution in [3.8, 4) is 6.07 Å². The molecule has 0 atom stereocenters. The summed E-state index contributed by atoms with van der Waals surface area (Å²) in [6, 6.07) is 5.10. The fraction of sp³-hybridized carbons (Fsp3) is 0.286. The van der Waals surface area contributed by atoms with Gasteiger partial charge in [0.1, 0.15) is 11.5 Å². The minimum Gasteiger partial charge on any atom is -0.345 e. The minimum atomic E-state index is -3.90. The van der Waals surface area contributed by atoms with Gasteiger partial charge in [0.15, 0.2) is 5.82 Å². The van der Waals surface area contributed by atoms with Gasteiger partial charge in [0.2, 0.25) is 15.8 Å². The molecule has 0 radical (unpaired) electrons. The highest BCUT2D eigenvalue weighted by Gasteiger charge is 2.30. The molecule has 2 N–H and O–H groups in total. The van der Waals surface area contributed by atoms with E-state index in [4.69, 9.17) is 0 Å². The van der Waals surface area contributed by atoms with E-state index in [9.17, 15) is 22.9 Å². The summed E-state index contributed by atoms with van der Waals surface area (Å²) in [5.74, 6) is -3.47. The number of carbonyl (C=O) groups is 1. The average Bonchev–Trinajstić information content (AvgIpc) is 3.21. The SMILES string of the molecule is N#Cc1ccnc2[nH]cc(C(=O)c3c(F)ccc(NS(=O)(=O)C4CCCCC4)c3F)c12. The van der Waals surface area contributed by atoms with Crippen LogP contribution in [0, 0.1) is 23.0 Å². The molecule has 4 rings (SSSR count). The van der Waals surface area contributed by atoms with Crippen LogP contribution in [0.1, 0.15) is 53.6 Å². The third-order valence-electron chi connectivity index (χ3n) is 5.50. The van der Waals surface area contributed by atoms with Crippen molar-refractivity contribution in [3.63, 3.8) is 0 Å². The first-order valence-corrected chi connectivity index (χ1v) is 11.3. The molecule has 1 aromatic carbocycles. The van der Waals surface area contributed by atoms with Gasteiger partial charge in [0.25, 0.3) is 0 Å². The van der Waals surface area contributed by atoms with E-state index in [-0.39, 0.29) is 22.2 Å². The summed E-state index contributed by atoms with van der Waals surface area (Å²) in [5.41, 5.74) is -1.20. The second-order valence-corrected chi connectivity index (χ2v) is 9.38. The van der Waals surface area contributed by atoms with Gasteiger partial charge in [0.05, 0.1) is 33.7 Å². The summed E-state index contributed by atoms with van der Waals surface area (Å²) in [5, 5.41) is 8.78. The van der Waals surface area contributed by atoms with Crippen LogP contribution in [0.5, 0.6) is 0 Å². The Morgan fingerprint density at radius 2 is 1.94 bits per heavy atom. The number of halogens is 2. The normalized spacial score (nSPS) is 15.0. The van der Waals surface area contributed by atoms with E-state index < -0.39 is 43.9 Å². The first-order valence-electron chi connectivity index (χ1n) is 9.74. The number of benzene rings is 1. The molecule has 31 heavy (non-hydrogen) atoms. The number of ketones is 1. The van der Waals surface area contributed by atoms with Crippen molar-refractivity contribution in [1.29, 1.82) is 5.26 Å². The van der Waals surface area contributed by atoms with Gasteiger partial charge in [-0.05, 0) is 31.0 Å². The number of hydrogen-bond donors (Lipinski definition) is 2. The van der Waals surface area contributed by atoms with Gasteiger partial charge in [-0.2, -0.15) is 5.26 Å². The molecular weight excluding hydrogens is 426 g/mol. The number of fused-ring (bicyclic) bond motifs is 1. The van der Waals surface area contributed by atoms with Gasteiger partial charge in [-0.1, -0.05) is 19.3 Å². The van der Waals surface area contributed by atoms with Gasteiger partial charge >= 0.3 is 0 Å². The molecule has 10 heteroatoms. The summed E-state index contributed by atoms with van der Waals surface area (Å²) in [6.07, 6.45) is 5.98. The van der Waals surface area contributed by atoms with Crippen molar-refractivity contribution in [2.75, 3.05) is 4.72 Å². The lowest BCUT2D eigenvalue weighted by Gasteiger charge is -2.22. The highest BCUT2D eigenvalue weighted by Crippen LogP contribution is 2.30. The standard InChI is InChI=1S/C21H18F2N4O3S/c22-15-6-7-16(27-31(29,30)13-4-2-1-3-5-13)19(23)18(15)20(28)14-11-26-21-17(14)12(10-24)8-9-25-21/h6-9,11,13,27H,1-5H2,(H,25,26). The molecule has 0 amide bonds. The molecule has 3 aromatic rings. The predicted molar refractivity (Wildman–Crippen MR) is 110 cm³/mol. The summed E-state index contributed by atoms with van der Waals surface area (Å²) in [4.78, 5) is 19.8. The van der Waals surface area contributed by atoms with E-state index in [0.29, 0.717) is 12.8 Å². The Bertz CT molecular complexity index is 1320. The minimum absolute atomic E-state index is 0.115. The van der Waals surface area contributed by atoms with Gasteiger partial charge in [0, 0.05) is 17.8 Å². The second kappa shape index (κ2) is 8.07. The summed E-state index contributed by atoms with van der Waals surface area (Å²) >= 11 is 0. The Balaban J connectivity index is 1.75. The van der Waals surface area contributed by atoms with E-state index in [2.05, 4.69) is 14.7 Å². The monoisotopic (exact) mass is 444 g/mol. The number of carbonyl (C=O) groups excluding carboxylic acids is 1. The average molecular weight is 444 g/mol. The van der Waals surface area contributed by atoms with E-state index in [1.54, 1.807) is 0 Å². The van der Waals surface area contributed by atoms with Crippen molar-refractivity contribution in [2.45, 2.75) is 37.4 Å². The van der Waals surface area contributed by atoms with Gasteiger partial charge < -0.3 is 4.98 Å². The summed E-state index contributed by atoms with van der Waals surface area (Å²) < 4.78 is 57.2. The fourth-order valence-corrected chi connectivity index (χ4v) is 5.50. The molecule has 1 aliphatic rings. The van der Waals surface area contributed by atoms with Crippen LogP contribution in [-0.4, -0.2) is 29.4 Å². The third kappa shape index (κ3) is 3.77. The number of anilines is 1. The van der Waals surface area contributed by atoms with Crippen LogP contribution in [-0.2, 0) is 10.0 Å². The molecule has 7 nitrogen and oxygen atoms in total. The summed E-state index contributed by atoms with van der Waals surface area (Å²) in [6.45, 7) is 0. The number of rotatable bonds is 5. The lowest BCUT2D eigenvalue weighted by atomic mass is 10.00. The maximum atomic E-state index is 15.2. The van der Waals surface area contributed by atoms with Crippen LogP contribution in [0.2, 0.25) is 0 Å². The molecule has 0 aliphatic heterocycles. The van der Waals surface area contributed by atoms with Crippen molar-refractivity contribution in [2.24, 2.45) is 0 Å². The number of pyridine rings is 1. The molecular formula is C21H18F2N4O3S.